The van der Waals surface area contributed by atoms with E-state index in [0.29, 0.717) is 24.0 Å². The maximum absolute atomic E-state index is 5.50. The molecule has 3 aliphatic heterocycles. The van der Waals surface area contributed by atoms with Gasteiger partial charge in [-0.1, -0.05) is 19.9 Å². The van der Waals surface area contributed by atoms with E-state index in [1.54, 1.807) is 28.4 Å². The van der Waals surface area contributed by atoms with Crippen LogP contribution < -0.4 is 38.2 Å². The van der Waals surface area contributed by atoms with Crippen molar-refractivity contribution in [1.82, 2.24) is 25.3 Å². The molecular weight excluding hydrogens is 662 g/mol. The van der Waals surface area contributed by atoms with Crippen LogP contribution in [0.5, 0.6) is 34.5 Å². The fourth-order valence-corrected chi connectivity index (χ4v) is 6.83. The van der Waals surface area contributed by atoms with Gasteiger partial charge in [-0.2, -0.15) is 20.4 Å². The number of hydrogen-bond acceptors (Lipinski definition) is 13. The summed E-state index contributed by atoms with van der Waals surface area (Å²) in [6.45, 7) is 11.1. The molecule has 0 amide bonds. The molecule has 0 radical (unpaired) electrons. The van der Waals surface area contributed by atoms with E-state index in [2.05, 4.69) is 47.2 Å². The Hall–Kier alpha value is -5.30. The van der Waals surface area contributed by atoms with Crippen LogP contribution in [0.2, 0.25) is 0 Å². The third-order valence-corrected chi connectivity index (χ3v) is 9.50. The van der Waals surface area contributed by atoms with Gasteiger partial charge in [0.1, 0.15) is 0 Å². The Bertz CT molecular complexity index is 1950. The predicted octanol–water partition coefficient (Wildman–Crippen LogP) is 6.36. The topological polar surface area (TPSA) is 117 Å². The number of anilines is 2. The van der Waals surface area contributed by atoms with Crippen LogP contribution in [0.3, 0.4) is 0 Å². The molecule has 0 saturated carbocycles. The van der Waals surface area contributed by atoms with Gasteiger partial charge in [-0.05, 0) is 49.1 Å². The highest BCUT2D eigenvalue weighted by Crippen LogP contribution is 2.37. The summed E-state index contributed by atoms with van der Waals surface area (Å²) >= 11 is 0. The van der Waals surface area contributed by atoms with Gasteiger partial charge in [0, 0.05) is 68.7 Å². The lowest BCUT2D eigenvalue weighted by Gasteiger charge is -2.36. The Balaban J connectivity index is 0.000000183. The first-order chi connectivity index (χ1) is 25.6. The molecule has 5 heterocycles. The molecule has 0 spiro atoms. The second kappa shape index (κ2) is 17.3. The normalized spacial score (nSPS) is 15.3. The molecule has 52 heavy (non-hydrogen) atoms. The summed E-state index contributed by atoms with van der Waals surface area (Å²) in [5, 5.41) is 18.9. The maximum Gasteiger partial charge on any atom is 0.231 e. The predicted molar refractivity (Wildman–Crippen MR) is 203 cm³/mol. The molecule has 13 nitrogen and oxygen atoms in total. The molecule has 2 aromatic heterocycles. The number of benzene rings is 3. The molecule has 2 saturated heterocycles. The minimum atomic E-state index is 0.308. The number of piperidine rings is 1. The lowest BCUT2D eigenvalue weighted by Crippen LogP contribution is -2.46. The van der Waals surface area contributed by atoms with E-state index in [1.165, 1.54) is 24.8 Å². The third kappa shape index (κ3) is 7.94. The van der Waals surface area contributed by atoms with E-state index in [-0.39, 0.29) is 0 Å². The van der Waals surface area contributed by atoms with Gasteiger partial charge in [-0.25, -0.2) is 0 Å². The molecule has 5 aromatic rings. The number of ether oxygens (including phenoxy) is 6. The van der Waals surface area contributed by atoms with Crippen LogP contribution in [0.1, 0.15) is 38.7 Å². The number of hydrogen-bond donors (Lipinski definition) is 0. The molecule has 8 rings (SSSR count). The number of piperazine rings is 1. The van der Waals surface area contributed by atoms with E-state index >= 15 is 0 Å². The number of rotatable bonds is 8. The molecule has 13 heteroatoms. The zero-order valence-electron chi connectivity index (χ0n) is 31.1. The zero-order valence-corrected chi connectivity index (χ0v) is 31.1. The van der Waals surface area contributed by atoms with E-state index in [9.17, 15) is 0 Å². The smallest absolute Gasteiger partial charge is 0.231 e. The average Bonchev–Trinajstić information content (AvgIpc) is 3.69. The zero-order chi connectivity index (χ0) is 36.5. The molecule has 0 atom stereocenters. The largest absolute Gasteiger partial charge is 0.493 e. The van der Waals surface area contributed by atoms with Gasteiger partial charge in [-0.15, -0.1) is 0 Å². The third-order valence-electron chi connectivity index (χ3n) is 9.50. The van der Waals surface area contributed by atoms with Crippen molar-refractivity contribution in [2.24, 2.45) is 0 Å². The summed E-state index contributed by atoms with van der Waals surface area (Å²) in [4.78, 5) is 7.19. The van der Waals surface area contributed by atoms with Gasteiger partial charge < -0.3 is 38.2 Å². The summed E-state index contributed by atoms with van der Waals surface area (Å²) in [6, 6.07) is 13.9. The Morgan fingerprint density at radius 3 is 1.62 bits per heavy atom. The highest BCUT2D eigenvalue weighted by atomic mass is 16.7. The lowest BCUT2D eigenvalue weighted by molar-refractivity contribution is 0.174. The first kappa shape index (κ1) is 36.5. The summed E-state index contributed by atoms with van der Waals surface area (Å²) in [5.74, 6) is 4.43. The number of methoxy groups -OCH3 is 4. The van der Waals surface area contributed by atoms with Gasteiger partial charge in [0.05, 0.1) is 63.2 Å². The van der Waals surface area contributed by atoms with Crippen molar-refractivity contribution < 1.29 is 28.4 Å². The Labute approximate surface area is 305 Å². The highest BCUT2D eigenvalue weighted by Gasteiger charge is 2.22. The van der Waals surface area contributed by atoms with Crippen LogP contribution in [0.4, 0.5) is 11.4 Å². The summed E-state index contributed by atoms with van der Waals surface area (Å²) < 4.78 is 32.5. The second-order valence-electron chi connectivity index (χ2n) is 12.4. The maximum atomic E-state index is 5.50. The Morgan fingerprint density at radius 1 is 0.577 bits per heavy atom. The Kier molecular flexibility index (Phi) is 12.1. The van der Waals surface area contributed by atoms with Crippen LogP contribution in [-0.2, 0) is 6.54 Å². The van der Waals surface area contributed by atoms with Crippen LogP contribution >= 0.6 is 0 Å². The van der Waals surface area contributed by atoms with Crippen molar-refractivity contribution in [1.29, 1.82) is 0 Å². The highest BCUT2D eigenvalue weighted by molar-refractivity contribution is 5.94. The average molecular weight is 712 g/mol. The van der Waals surface area contributed by atoms with Crippen molar-refractivity contribution in [3.8, 4) is 34.5 Å². The fourth-order valence-electron chi connectivity index (χ4n) is 6.83. The van der Waals surface area contributed by atoms with Crippen molar-refractivity contribution in [3.05, 3.63) is 60.4 Å². The number of nitrogens with zero attached hydrogens (tertiary/aromatic N) is 7. The van der Waals surface area contributed by atoms with Crippen LogP contribution in [0.15, 0.2) is 54.9 Å². The van der Waals surface area contributed by atoms with Crippen molar-refractivity contribution in [3.63, 3.8) is 0 Å². The van der Waals surface area contributed by atoms with Gasteiger partial charge >= 0.3 is 0 Å². The first-order valence-electron chi connectivity index (χ1n) is 17.9. The number of fused-ring (bicyclic) bond motifs is 3. The van der Waals surface area contributed by atoms with Gasteiger partial charge in [0.15, 0.2) is 34.5 Å². The molecule has 276 valence electrons. The monoisotopic (exact) mass is 711 g/mol. The summed E-state index contributed by atoms with van der Waals surface area (Å²) in [7, 11) is 6.55. The van der Waals surface area contributed by atoms with Gasteiger partial charge in [0.2, 0.25) is 6.79 Å². The van der Waals surface area contributed by atoms with Crippen LogP contribution in [-0.4, -0.2) is 99.8 Å². The standard InChI is InChI=1S/C22H24N4O4.C15H19N3O2.C2H6/c1-27-20-10-16-17(11-21(20)28-2)24-23-12-18(16)26-7-5-25(6-8-26)13-15-3-4-19-22(9-15)30-14-29-19;1-19-14-8-11-12(9-15(14)20-2)17-16-10-13(11)18-6-4-3-5-7-18;1-2/h3-4,9-12H,5-8,13-14H2,1-2H3;8-10H,3-7H2,1-2H3;1-2H3. The minimum absolute atomic E-state index is 0.308. The van der Waals surface area contributed by atoms with Crippen molar-refractivity contribution in [2.75, 3.05) is 84.3 Å². The summed E-state index contributed by atoms with van der Waals surface area (Å²) in [5.41, 5.74) is 5.08. The molecule has 2 fully saturated rings. The number of aromatic nitrogens is 4. The van der Waals surface area contributed by atoms with E-state index in [1.807, 2.05) is 56.6 Å². The van der Waals surface area contributed by atoms with Crippen molar-refractivity contribution >= 4 is 33.2 Å². The molecular formula is C39H49N7O6. The molecule has 0 bridgehead atoms. The molecule has 3 aliphatic rings. The minimum Gasteiger partial charge on any atom is -0.493 e. The van der Waals surface area contributed by atoms with E-state index in [4.69, 9.17) is 28.4 Å². The molecule has 0 unspecified atom stereocenters. The van der Waals surface area contributed by atoms with E-state index < -0.39 is 0 Å². The SMILES string of the molecule is CC.COc1cc2nncc(N3CCCCC3)c2cc1OC.COc1cc2nncc(N3CCN(Cc4ccc5c(c4)OCO5)CC3)c2cc1OC. The Morgan fingerprint density at radius 2 is 1.08 bits per heavy atom. The van der Waals surface area contributed by atoms with E-state index in [0.717, 1.165) is 96.2 Å². The van der Waals surface area contributed by atoms with Gasteiger partial charge in [0.25, 0.3) is 0 Å². The van der Waals surface area contributed by atoms with Gasteiger partial charge in [-0.3, -0.25) is 4.90 Å². The van der Waals surface area contributed by atoms with Crippen molar-refractivity contribution in [2.45, 2.75) is 39.7 Å². The molecule has 3 aromatic carbocycles. The second-order valence-corrected chi connectivity index (χ2v) is 12.4. The first-order valence-corrected chi connectivity index (χ1v) is 17.9. The molecule has 0 N–H and O–H groups in total. The molecule has 0 aliphatic carbocycles. The fraction of sp³-hybridized carbons (Fsp3) is 0.436. The quantitative estimate of drug-likeness (QED) is 0.178. The van der Waals surface area contributed by atoms with Crippen LogP contribution in [0.25, 0.3) is 21.8 Å². The summed E-state index contributed by atoms with van der Waals surface area (Å²) in [6.07, 6.45) is 7.46. The lowest BCUT2D eigenvalue weighted by atomic mass is 10.1. The van der Waals surface area contributed by atoms with Crippen LogP contribution in [0, 0.1) is 0 Å².